The maximum Gasteiger partial charge on any atom is 0.419 e. The highest BCUT2D eigenvalue weighted by molar-refractivity contribution is 6.32. The Kier molecular flexibility index (Phi) is 5.26. The summed E-state index contributed by atoms with van der Waals surface area (Å²) in [7, 11) is 0. The van der Waals surface area contributed by atoms with Gasteiger partial charge < -0.3 is 10.5 Å². The molecule has 0 unspecified atom stereocenters. The zero-order chi connectivity index (χ0) is 20.6. The number of nitrogens with two attached hydrogens (primary N) is 1. The van der Waals surface area contributed by atoms with E-state index in [1.807, 2.05) is 0 Å². The predicted octanol–water partition coefficient (Wildman–Crippen LogP) is 4.67. The standard InChI is InChI=1S/C18H13Cl2N3O5/c1-2-28-18(25)22-14-8-10(20)3-5-11(14)15(21)16(22)17(24)12-7-9(19)4-6-13(12)23(26)27/h3-8H,2,21H2,1H3. The highest BCUT2D eigenvalue weighted by Crippen LogP contribution is 2.34. The highest BCUT2D eigenvalue weighted by Gasteiger charge is 2.30. The molecule has 3 aromatic rings. The zero-order valence-electron chi connectivity index (χ0n) is 14.4. The molecule has 0 atom stereocenters. The number of nitro groups is 1. The molecule has 0 aliphatic carbocycles. The van der Waals surface area contributed by atoms with Crippen molar-refractivity contribution in [3.05, 3.63) is 67.8 Å². The number of hydrogen-bond acceptors (Lipinski definition) is 6. The van der Waals surface area contributed by atoms with Crippen LogP contribution in [0.1, 0.15) is 23.0 Å². The van der Waals surface area contributed by atoms with Crippen molar-refractivity contribution in [1.82, 2.24) is 4.57 Å². The highest BCUT2D eigenvalue weighted by atomic mass is 35.5. The fraction of sp³-hybridized carbons (Fsp3) is 0.111. The van der Waals surface area contributed by atoms with Gasteiger partial charge in [-0.05, 0) is 37.3 Å². The number of carbonyl (C=O) groups excluding carboxylic acids is 2. The minimum atomic E-state index is -0.862. The molecule has 1 aromatic heterocycles. The van der Waals surface area contributed by atoms with E-state index in [9.17, 15) is 19.7 Å². The maximum atomic E-state index is 13.2. The van der Waals surface area contributed by atoms with Gasteiger partial charge in [-0.25, -0.2) is 9.36 Å². The Balaban J connectivity index is 2.34. The zero-order valence-corrected chi connectivity index (χ0v) is 16.0. The average molecular weight is 422 g/mol. The monoisotopic (exact) mass is 421 g/mol. The summed E-state index contributed by atoms with van der Waals surface area (Å²) in [4.78, 5) is 36.4. The SMILES string of the molecule is CCOC(=O)n1c(C(=O)c2cc(Cl)ccc2[N+](=O)[O-])c(N)c2ccc(Cl)cc21. The molecule has 0 radical (unpaired) electrons. The molecule has 0 spiro atoms. The summed E-state index contributed by atoms with van der Waals surface area (Å²) in [6.45, 7) is 1.65. The number of nitro benzene ring substituents is 1. The first-order chi connectivity index (χ1) is 13.3. The van der Waals surface area contributed by atoms with Crippen LogP contribution in [0.5, 0.6) is 0 Å². The number of nitrogen functional groups attached to an aromatic ring is 1. The van der Waals surface area contributed by atoms with Crippen LogP contribution in [0.4, 0.5) is 16.2 Å². The molecule has 28 heavy (non-hydrogen) atoms. The molecule has 2 N–H and O–H groups in total. The van der Waals surface area contributed by atoms with Crippen molar-refractivity contribution >= 4 is 57.4 Å². The lowest BCUT2D eigenvalue weighted by molar-refractivity contribution is -0.385. The van der Waals surface area contributed by atoms with Gasteiger partial charge >= 0.3 is 6.09 Å². The largest absolute Gasteiger partial charge is 0.449 e. The number of carbonyl (C=O) groups is 2. The van der Waals surface area contributed by atoms with Gasteiger partial charge in [-0.2, -0.15) is 0 Å². The van der Waals surface area contributed by atoms with Crippen LogP contribution in [-0.4, -0.2) is 28.0 Å². The van der Waals surface area contributed by atoms with Crippen molar-refractivity contribution < 1.29 is 19.2 Å². The molecule has 144 valence electrons. The first-order valence-corrected chi connectivity index (χ1v) is 8.77. The van der Waals surface area contributed by atoms with Gasteiger partial charge in [0, 0.05) is 21.5 Å². The second kappa shape index (κ2) is 7.49. The van der Waals surface area contributed by atoms with Crippen molar-refractivity contribution in [2.45, 2.75) is 6.92 Å². The molecule has 8 nitrogen and oxygen atoms in total. The summed E-state index contributed by atoms with van der Waals surface area (Å²) in [5, 5.41) is 12.2. The molecular weight excluding hydrogens is 409 g/mol. The van der Waals surface area contributed by atoms with Gasteiger partial charge in [0.05, 0.1) is 22.7 Å². The molecule has 0 fully saturated rings. The number of ether oxygens (including phenoxy) is 1. The molecule has 0 amide bonds. The van der Waals surface area contributed by atoms with Crippen molar-refractivity contribution in [2.75, 3.05) is 12.3 Å². The number of benzene rings is 2. The first-order valence-electron chi connectivity index (χ1n) is 8.01. The van der Waals surface area contributed by atoms with Crippen LogP contribution in [-0.2, 0) is 4.74 Å². The summed E-state index contributed by atoms with van der Waals surface area (Å²) in [6.07, 6.45) is -0.862. The number of nitrogens with zero attached hydrogens (tertiary/aromatic N) is 2. The van der Waals surface area contributed by atoms with Crippen LogP contribution in [0, 0.1) is 10.1 Å². The van der Waals surface area contributed by atoms with Gasteiger partial charge in [0.25, 0.3) is 5.69 Å². The predicted molar refractivity (Wildman–Crippen MR) is 105 cm³/mol. The van der Waals surface area contributed by atoms with Gasteiger partial charge in [-0.1, -0.05) is 23.2 Å². The van der Waals surface area contributed by atoms with Crippen molar-refractivity contribution in [3.8, 4) is 0 Å². The van der Waals surface area contributed by atoms with E-state index < -0.39 is 22.5 Å². The van der Waals surface area contributed by atoms with Crippen LogP contribution >= 0.6 is 23.2 Å². The van der Waals surface area contributed by atoms with E-state index >= 15 is 0 Å². The quantitative estimate of drug-likeness (QED) is 0.371. The van der Waals surface area contributed by atoms with E-state index in [1.165, 1.54) is 12.1 Å². The minimum absolute atomic E-state index is 0.0287. The number of rotatable bonds is 4. The Morgan fingerprint density at radius 2 is 1.82 bits per heavy atom. The van der Waals surface area contributed by atoms with Crippen molar-refractivity contribution in [1.29, 1.82) is 0 Å². The second-order valence-electron chi connectivity index (χ2n) is 5.71. The van der Waals surface area contributed by atoms with Crippen molar-refractivity contribution in [2.24, 2.45) is 0 Å². The number of anilines is 1. The van der Waals surface area contributed by atoms with Gasteiger partial charge in [0.1, 0.15) is 11.3 Å². The van der Waals surface area contributed by atoms with Crippen LogP contribution < -0.4 is 5.73 Å². The van der Waals surface area contributed by atoms with E-state index in [0.29, 0.717) is 10.4 Å². The van der Waals surface area contributed by atoms with Gasteiger partial charge in [-0.15, -0.1) is 0 Å². The Labute approximate surface area is 168 Å². The smallest absolute Gasteiger partial charge is 0.419 e. The van der Waals surface area contributed by atoms with Gasteiger partial charge in [0.2, 0.25) is 5.78 Å². The Morgan fingerprint density at radius 3 is 2.46 bits per heavy atom. The fourth-order valence-electron chi connectivity index (χ4n) is 2.86. The summed E-state index contributed by atoms with van der Waals surface area (Å²) in [6, 6.07) is 8.10. The van der Waals surface area contributed by atoms with Crippen LogP contribution in [0.2, 0.25) is 10.0 Å². The molecule has 0 saturated carbocycles. The van der Waals surface area contributed by atoms with Crippen LogP contribution in [0.3, 0.4) is 0 Å². The lowest BCUT2D eigenvalue weighted by Gasteiger charge is -2.10. The maximum absolute atomic E-state index is 13.2. The van der Waals surface area contributed by atoms with Crippen LogP contribution in [0.25, 0.3) is 10.9 Å². The Morgan fingerprint density at radius 1 is 1.18 bits per heavy atom. The topological polar surface area (TPSA) is 117 Å². The Hall–Kier alpha value is -3.10. The number of aromatic nitrogens is 1. The third-order valence-electron chi connectivity index (χ3n) is 4.03. The summed E-state index contributed by atoms with van der Waals surface area (Å²) >= 11 is 11.9. The second-order valence-corrected chi connectivity index (χ2v) is 6.58. The minimum Gasteiger partial charge on any atom is -0.449 e. The molecule has 2 aromatic carbocycles. The molecular formula is C18H13Cl2N3O5. The average Bonchev–Trinajstić information content (AvgIpc) is 2.92. The summed E-state index contributed by atoms with van der Waals surface area (Å²) in [5.41, 5.74) is 5.32. The van der Waals surface area contributed by atoms with E-state index in [0.717, 1.165) is 16.7 Å². The molecule has 3 rings (SSSR count). The number of ketones is 1. The van der Waals surface area contributed by atoms with Crippen molar-refractivity contribution in [3.63, 3.8) is 0 Å². The summed E-state index contributed by atoms with van der Waals surface area (Å²) in [5.74, 6) is -0.841. The van der Waals surface area contributed by atoms with E-state index in [-0.39, 0.29) is 34.1 Å². The molecule has 1 heterocycles. The number of fused-ring (bicyclic) bond motifs is 1. The third-order valence-corrected chi connectivity index (χ3v) is 4.51. The lowest BCUT2D eigenvalue weighted by Crippen LogP contribution is -2.20. The number of halogens is 2. The first kappa shape index (κ1) is 19.7. The van der Waals surface area contributed by atoms with Gasteiger partial charge in [0.15, 0.2) is 0 Å². The van der Waals surface area contributed by atoms with Crippen LogP contribution in [0.15, 0.2) is 36.4 Å². The lowest BCUT2D eigenvalue weighted by atomic mass is 10.0. The third kappa shape index (κ3) is 3.28. The van der Waals surface area contributed by atoms with Gasteiger partial charge in [-0.3, -0.25) is 14.9 Å². The molecule has 0 aliphatic rings. The molecule has 0 saturated heterocycles. The molecule has 0 bridgehead atoms. The molecule has 0 aliphatic heterocycles. The summed E-state index contributed by atoms with van der Waals surface area (Å²) < 4.78 is 6.00. The normalized spacial score (nSPS) is 10.8. The number of hydrogen-bond donors (Lipinski definition) is 1. The van der Waals surface area contributed by atoms with E-state index in [1.54, 1.807) is 19.1 Å². The van der Waals surface area contributed by atoms with E-state index in [2.05, 4.69) is 0 Å². The van der Waals surface area contributed by atoms with E-state index in [4.69, 9.17) is 33.7 Å². The Bertz CT molecular complexity index is 1140. The molecule has 10 heteroatoms. The fourth-order valence-corrected chi connectivity index (χ4v) is 3.20.